The number of halogens is 2. The number of rotatable bonds is 5. The quantitative estimate of drug-likeness (QED) is 0.219. The third-order valence-electron chi connectivity index (χ3n) is 7.19. The Hall–Kier alpha value is -3.73. The monoisotopic (exact) mass is 605 g/mol. The third kappa shape index (κ3) is 5.47. The Labute approximate surface area is 250 Å². The van der Waals surface area contributed by atoms with E-state index in [1.54, 1.807) is 30.5 Å². The molecule has 7 nitrogen and oxygen atoms in total. The molecule has 2 aromatic heterocycles. The first-order valence-corrected chi connectivity index (χ1v) is 14.7. The molecule has 2 aliphatic heterocycles. The molecule has 0 radical (unpaired) electrons. The van der Waals surface area contributed by atoms with Crippen LogP contribution in [-0.2, 0) is 11.3 Å². The first-order valence-electron chi connectivity index (χ1n) is 13.1. The number of thiocarbonyl (C=S) groups is 1. The lowest BCUT2D eigenvalue weighted by Crippen LogP contribution is -2.47. The second kappa shape index (κ2) is 11.3. The molecule has 0 N–H and O–H groups in total. The number of piperazine rings is 1. The first kappa shape index (κ1) is 27.4. The van der Waals surface area contributed by atoms with E-state index in [4.69, 9.17) is 28.8 Å². The Kier molecular flexibility index (Phi) is 7.54. The number of anilines is 2. The molecule has 41 heavy (non-hydrogen) atoms. The van der Waals surface area contributed by atoms with Crippen LogP contribution in [0, 0.1) is 12.7 Å². The summed E-state index contributed by atoms with van der Waals surface area (Å²) in [7, 11) is 0. The molecule has 11 heteroatoms. The van der Waals surface area contributed by atoms with Gasteiger partial charge in [0.15, 0.2) is 0 Å². The summed E-state index contributed by atoms with van der Waals surface area (Å²) < 4.78 is 15.3. The average Bonchev–Trinajstić information content (AvgIpc) is 3.23. The fourth-order valence-corrected chi connectivity index (χ4v) is 6.44. The van der Waals surface area contributed by atoms with Crippen molar-refractivity contribution in [1.29, 1.82) is 0 Å². The van der Waals surface area contributed by atoms with E-state index in [1.165, 1.54) is 33.2 Å². The van der Waals surface area contributed by atoms with Crippen LogP contribution in [0.2, 0.25) is 5.02 Å². The van der Waals surface area contributed by atoms with E-state index in [1.807, 2.05) is 37.3 Å². The minimum Gasteiger partial charge on any atom is -0.368 e. The standard InChI is InChI=1S/C30H25ClFN5O2S2/c1-19-6-11-26-33-27(35-14-12-34(13-15-35)22-9-7-21(32)8-10-22)23(28(38)36(26)17-19)16-25-29(39)37(30(40)41-25)18-20-4-2-3-5-24(20)31/h2-11,16-17H,12-15,18H2,1H3. The van der Waals surface area contributed by atoms with Crippen molar-refractivity contribution in [3.05, 3.63) is 110 Å². The predicted molar refractivity (Wildman–Crippen MR) is 167 cm³/mol. The van der Waals surface area contributed by atoms with E-state index in [2.05, 4.69) is 9.80 Å². The minimum atomic E-state index is -0.277. The number of fused-ring (bicyclic) bond motifs is 1. The molecular weight excluding hydrogens is 581 g/mol. The summed E-state index contributed by atoms with van der Waals surface area (Å²) >= 11 is 13.1. The van der Waals surface area contributed by atoms with Gasteiger partial charge in [0.05, 0.1) is 17.0 Å². The molecule has 0 aliphatic carbocycles. The Balaban J connectivity index is 1.35. The molecule has 0 spiro atoms. The summed E-state index contributed by atoms with van der Waals surface area (Å²) in [6.07, 6.45) is 3.37. The Bertz CT molecular complexity index is 1770. The number of pyridine rings is 1. The summed E-state index contributed by atoms with van der Waals surface area (Å²) in [6, 6.07) is 17.5. The van der Waals surface area contributed by atoms with E-state index in [0.29, 0.717) is 57.5 Å². The third-order valence-corrected chi connectivity index (χ3v) is 8.94. The average molecular weight is 606 g/mol. The highest BCUT2D eigenvalue weighted by Crippen LogP contribution is 2.35. The highest BCUT2D eigenvalue weighted by Gasteiger charge is 2.33. The predicted octanol–water partition coefficient (Wildman–Crippen LogP) is 5.52. The Morgan fingerprint density at radius 3 is 2.44 bits per heavy atom. The fraction of sp³-hybridized carbons (Fsp3) is 0.200. The topological polar surface area (TPSA) is 61.2 Å². The number of hydrogen-bond acceptors (Lipinski definition) is 7. The zero-order chi connectivity index (χ0) is 28.7. The molecule has 0 unspecified atom stereocenters. The largest absolute Gasteiger partial charge is 0.368 e. The molecule has 1 amide bonds. The maximum atomic E-state index is 13.9. The second-order valence-corrected chi connectivity index (χ2v) is 12.0. The normalized spacial score (nSPS) is 16.9. The lowest BCUT2D eigenvalue weighted by atomic mass is 10.2. The van der Waals surface area contributed by atoms with Crippen LogP contribution < -0.4 is 15.4 Å². The molecule has 4 aromatic rings. The van der Waals surface area contributed by atoms with Crippen molar-refractivity contribution in [3.63, 3.8) is 0 Å². The van der Waals surface area contributed by atoms with Crippen molar-refractivity contribution in [3.8, 4) is 0 Å². The number of benzene rings is 2. The van der Waals surface area contributed by atoms with Crippen LogP contribution in [0.5, 0.6) is 0 Å². The molecule has 2 aromatic carbocycles. The molecule has 6 rings (SSSR count). The first-order chi connectivity index (χ1) is 19.8. The van der Waals surface area contributed by atoms with Gasteiger partial charge < -0.3 is 9.80 Å². The van der Waals surface area contributed by atoms with Gasteiger partial charge in [-0.3, -0.25) is 18.9 Å². The van der Waals surface area contributed by atoms with Crippen LogP contribution >= 0.6 is 35.6 Å². The van der Waals surface area contributed by atoms with E-state index >= 15 is 0 Å². The lowest BCUT2D eigenvalue weighted by molar-refractivity contribution is -0.122. The van der Waals surface area contributed by atoms with Crippen LogP contribution in [0.25, 0.3) is 11.7 Å². The van der Waals surface area contributed by atoms with Crippen LogP contribution in [0.3, 0.4) is 0 Å². The van der Waals surface area contributed by atoms with Crippen LogP contribution in [-0.4, -0.2) is 50.7 Å². The van der Waals surface area contributed by atoms with Gasteiger partial charge in [0.1, 0.15) is 21.6 Å². The number of aryl methyl sites for hydroxylation is 1. The molecule has 2 saturated heterocycles. The van der Waals surface area contributed by atoms with E-state index < -0.39 is 0 Å². The van der Waals surface area contributed by atoms with E-state index in [-0.39, 0.29) is 23.8 Å². The maximum Gasteiger partial charge on any atom is 0.267 e. The zero-order valence-electron chi connectivity index (χ0n) is 22.1. The maximum absolute atomic E-state index is 13.9. The van der Waals surface area contributed by atoms with Crippen molar-refractivity contribution in [2.75, 3.05) is 36.0 Å². The number of hydrogen-bond donors (Lipinski definition) is 0. The van der Waals surface area contributed by atoms with Gasteiger partial charge in [0.2, 0.25) is 0 Å². The molecule has 4 heterocycles. The summed E-state index contributed by atoms with van der Waals surface area (Å²) in [5.74, 6) is -0.0277. The fourth-order valence-electron chi connectivity index (χ4n) is 5.01. The molecular formula is C30H25ClFN5O2S2. The van der Waals surface area contributed by atoms with Crippen LogP contribution in [0.4, 0.5) is 15.9 Å². The van der Waals surface area contributed by atoms with Crippen molar-refractivity contribution in [2.45, 2.75) is 13.5 Å². The van der Waals surface area contributed by atoms with Gasteiger partial charge in [-0.1, -0.05) is 59.8 Å². The van der Waals surface area contributed by atoms with Gasteiger partial charge in [-0.05, 0) is 60.5 Å². The summed E-state index contributed by atoms with van der Waals surface area (Å²) in [6.45, 7) is 4.68. The van der Waals surface area contributed by atoms with Crippen molar-refractivity contribution >= 4 is 69.0 Å². The number of nitrogens with zero attached hydrogens (tertiary/aromatic N) is 5. The lowest BCUT2D eigenvalue weighted by Gasteiger charge is -2.37. The molecule has 0 atom stereocenters. The van der Waals surface area contributed by atoms with Gasteiger partial charge in [-0.25, -0.2) is 9.37 Å². The zero-order valence-corrected chi connectivity index (χ0v) is 24.5. The number of amides is 1. The summed E-state index contributed by atoms with van der Waals surface area (Å²) in [5.41, 5.74) is 3.25. The summed E-state index contributed by atoms with van der Waals surface area (Å²) in [4.78, 5) is 38.4. The Morgan fingerprint density at radius 2 is 1.71 bits per heavy atom. The van der Waals surface area contributed by atoms with Crippen molar-refractivity contribution in [1.82, 2.24) is 14.3 Å². The molecule has 0 saturated carbocycles. The Morgan fingerprint density at radius 1 is 1.00 bits per heavy atom. The summed E-state index contributed by atoms with van der Waals surface area (Å²) in [5, 5.41) is 0.555. The van der Waals surface area contributed by atoms with Gasteiger partial charge in [0, 0.05) is 43.1 Å². The van der Waals surface area contributed by atoms with E-state index in [9.17, 15) is 14.0 Å². The SMILES string of the molecule is Cc1ccc2nc(N3CCN(c4ccc(F)cc4)CC3)c(C=C3SC(=S)N(Cc4ccccc4Cl)C3=O)c(=O)n2c1. The van der Waals surface area contributed by atoms with Crippen molar-refractivity contribution in [2.24, 2.45) is 0 Å². The highest BCUT2D eigenvalue weighted by atomic mass is 35.5. The van der Waals surface area contributed by atoms with Gasteiger partial charge in [0.25, 0.3) is 11.5 Å². The van der Waals surface area contributed by atoms with Crippen LogP contribution in [0.15, 0.2) is 76.6 Å². The number of thioether (sulfide) groups is 1. The highest BCUT2D eigenvalue weighted by molar-refractivity contribution is 8.26. The minimum absolute atomic E-state index is 0.244. The van der Waals surface area contributed by atoms with Crippen LogP contribution in [0.1, 0.15) is 16.7 Å². The number of carbonyl (C=O) groups excluding carboxylic acids is 1. The van der Waals surface area contributed by atoms with Gasteiger partial charge in [-0.15, -0.1) is 0 Å². The van der Waals surface area contributed by atoms with Gasteiger partial charge in [-0.2, -0.15) is 0 Å². The smallest absolute Gasteiger partial charge is 0.267 e. The van der Waals surface area contributed by atoms with Crippen molar-refractivity contribution < 1.29 is 9.18 Å². The molecule has 2 fully saturated rings. The number of carbonyl (C=O) groups is 1. The molecule has 2 aliphatic rings. The molecule has 0 bridgehead atoms. The second-order valence-electron chi connectivity index (χ2n) is 9.90. The van der Waals surface area contributed by atoms with Gasteiger partial charge >= 0.3 is 0 Å². The number of aromatic nitrogens is 2. The van der Waals surface area contributed by atoms with E-state index in [0.717, 1.165) is 16.8 Å². The molecule has 208 valence electrons.